The zero-order chi connectivity index (χ0) is 56.7. The third-order valence-electron chi connectivity index (χ3n) is 21.8. The number of aromatic nitrogens is 4. The fraction of sp³-hybridized carbons (Fsp3) is 0.0864. The van der Waals surface area contributed by atoms with Gasteiger partial charge in [-0.15, -0.1) is 22.7 Å². The van der Waals surface area contributed by atoms with Crippen LogP contribution in [-0.2, 0) is 12.8 Å². The summed E-state index contributed by atoms with van der Waals surface area (Å²) < 4.78 is 0. The van der Waals surface area contributed by atoms with E-state index in [1.807, 2.05) is 22.7 Å². The maximum atomic E-state index is 4.04. The van der Waals surface area contributed by atoms with Crippen molar-refractivity contribution in [3.8, 4) is 9.75 Å². The molecule has 8 bridgehead atoms. The molecule has 410 valence electrons. The third kappa shape index (κ3) is 5.57. The molecule has 0 saturated carbocycles. The molecule has 2 aliphatic heterocycles. The van der Waals surface area contributed by atoms with E-state index in [1.54, 1.807) is 86.9 Å². The number of aromatic amines is 4. The number of H-pyrrole nitrogens is 4. The van der Waals surface area contributed by atoms with Crippen LogP contribution in [-0.4, -0.2) is 38.4 Å². The number of nitrogens with one attached hydrogen (secondary N) is 4. The van der Waals surface area contributed by atoms with Crippen LogP contribution in [0.15, 0.2) is 200 Å². The van der Waals surface area contributed by atoms with E-state index in [0.29, 0.717) is 11.8 Å². The minimum absolute atomic E-state index is 0.256. The van der Waals surface area contributed by atoms with Gasteiger partial charge < -0.3 is 19.9 Å². The Balaban J connectivity index is 0.696. The first-order valence-corrected chi connectivity index (χ1v) is 32.7. The van der Waals surface area contributed by atoms with Crippen LogP contribution in [0.1, 0.15) is 100 Å². The van der Waals surface area contributed by atoms with Crippen molar-refractivity contribution >= 4 is 131 Å². The molecule has 0 spiro atoms. The van der Waals surface area contributed by atoms with Gasteiger partial charge in [-0.1, -0.05) is 127 Å². The Morgan fingerprint density at radius 1 is 0.341 bits per heavy atom. The highest BCUT2D eigenvalue weighted by Gasteiger charge is 2.49. The first-order chi connectivity index (χ1) is 43.5. The van der Waals surface area contributed by atoms with E-state index < -0.39 is 0 Å². The van der Waals surface area contributed by atoms with Gasteiger partial charge in [-0.3, -0.25) is 4.90 Å². The summed E-state index contributed by atoms with van der Waals surface area (Å²) in [7, 11) is 2.42. The molecule has 3 aliphatic carbocycles. The zero-order valence-electron chi connectivity index (χ0n) is 47.7. The van der Waals surface area contributed by atoms with Crippen molar-refractivity contribution in [2.45, 2.75) is 30.7 Å². The number of nitrogens with zero attached hydrogens (tertiary/aromatic N) is 1. The molecule has 23 rings (SSSR count). The topological polar surface area (TPSA) is 66.4 Å². The number of hydrogen-bond acceptors (Lipinski definition) is 3. The summed E-state index contributed by atoms with van der Waals surface area (Å²) in [5.41, 5.74) is 21.5. The van der Waals surface area contributed by atoms with Gasteiger partial charge in [0.2, 0.25) is 0 Å². The number of benzene rings is 10. The van der Waals surface area contributed by atoms with Gasteiger partial charge in [0.15, 0.2) is 0 Å². The largest absolute Gasteiger partial charge is 0.354 e. The first kappa shape index (κ1) is 46.2. The molecule has 1 saturated heterocycles. The summed E-state index contributed by atoms with van der Waals surface area (Å²) in [5, 5.41) is 29.0. The maximum absolute atomic E-state index is 4.04. The zero-order valence-corrected chi connectivity index (χ0v) is 49.3. The van der Waals surface area contributed by atoms with Crippen molar-refractivity contribution in [3.05, 3.63) is 304 Å². The second-order valence-electron chi connectivity index (χ2n) is 26.1. The van der Waals surface area contributed by atoms with Gasteiger partial charge in [0.05, 0.1) is 6.04 Å². The molecular weight excluding hydrogens is 1110 g/mol. The van der Waals surface area contributed by atoms with Gasteiger partial charge >= 0.3 is 0 Å². The van der Waals surface area contributed by atoms with Gasteiger partial charge in [0, 0.05) is 104 Å². The molecule has 5 nitrogen and oxygen atoms in total. The minimum Gasteiger partial charge on any atom is -0.354 e. The smallest absolute Gasteiger partial charge is 0.0514 e. The Morgan fingerprint density at radius 3 is 1.27 bits per heavy atom. The molecule has 1 fully saturated rings. The highest BCUT2D eigenvalue weighted by Crippen LogP contribution is 2.67. The van der Waals surface area contributed by atoms with Crippen LogP contribution in [0, 0.1) is 0 Å². The monoisotopic (exact) mass is 1160 g/mol. The molecule has 6 aromatic heterocycles. The number of likely N-dealkylation sites (tertiary alicyclic amines) is 1. The Labute approximate surface area is 510 Å². The summed E-state index contributed by atoms with van der Waals surface area (Å²) in [6.45, 7) is 1.05. The van der Waals surface area contributed by atoms with Crippen LogP contribution >= 0.6 is 22.7 Å². The highest BCUT2D eigenvalue weighted by atomic mass is 32.1. The molecule has 4 N–H and O–H groups in total. The molecular formula is C81H49N5S2. The average Bonchev–Trinajstić information content (AvgIpc) is 1.46. The third-order valence-corrected chi connectivity index (χ3v) is 24.3. The van der Waals surface area contributed by atoms with Crippen LogP contribution in [0.2, 0.25) is 0 Å². The van der Waals surface area contributed by atoms with Crippen molar-refractivity contribution < 1.29 is 0 Å². The molecule has 12 aromatic carbocycles. The number of fused-ring (bicyclic) bond motifs is 11. The second kappa shape index (κ2) is 15.9. The van der Waals surface area contributed by atoms with Crippen LogP contribution < -0.4 is 21.4 Å². The maximum Gasteiger partial charge on any atom is 0.0514 e. The lowest BCUT2D eigenvalue weighted by atomic mass is 9.72. The van der Waals surface area contributed by atoms with E-state index >= 15 is 0 Å². The molecule has 5 aliphatic rings. The fourth-order valence-electron chi connectivity index (χ4n) is 18.7. The predicted molar refractivity (Wildman–Crippen MR) is 364 cm³/mol. The predicted octanol–water partition coefficient (Wildman–Crippen LogP) is 16.2. The molecule has 0 radical (unpaired) electrons. The van der Waals surface area contributed by atoms with Crippen molar-refractivity contribution in [2.24, 2.45) is 0 Å². The Bertz CT molecular complexity index is 6320. The quantitative estimate of drug-likeness (QED) is 0.123. The van der Waals surface area contributed by atoms with Crippen LogP contribution in [0.25, 0.3) is 118 Å². The van der Waals surface area contributed by atoms with Gasteiger partial charge in [0.1, 0.15) is 0 Å². The summed E-state index contributed by atoms with van der Waals surface area (Å²) >= 11 is 3.91. The molecule has 18 aromatic rings. The van der Waals surface area contributed by atoms with E-state index in [0.717, 1.165) is 103 Å². The minimum atomic E-state index is 0.256. The van der Waals surface area contributed by atoms with E-state index in [-0.39, 0.29) is 6.04 Å². The van der Waals surface area contributed by atoms with Gasteiger partial charge in [0.25, 0.3) is 0 Å². The van der Waals surface area contributed by atoms with Crippen molar-refractivity contribution in [2.75, 3.05) is 13.6 Å². The van der Waals surface area contributed by atoms with Crippen LogP contribution in [0.3, 0.4) is 0 Å². The number of rotatable bonds is 6. The van der Waals surface area contributed by atoms with Crippen LogP contribution in [0.5, 0.6) is 0 Å². The van der Waals surface area contributed by atoms with E-state index in [4.69, 9.17) is 0 Å². The molecule has 3 atom stereocenters. The Kier molecular flexibility index (Phi) is 8.37. The SMILES string of the molecule is CN1CC2c3cc4c5c6c(cc7ccc8cc9c%10c%11c(cc(c%12c3c5c(c%12%11)c3c6c7c8c%103)C2C1c1ccc(-c2ccc(C3=c5ccc([nH]5)=C(c5ccccc5)c5ccc([nH]5)C(c5ccccc5)=c5ccc([nH]5)=C(c5ccccc5)c5ccc3[nH]5)s2)s1)C9)C4. The number of thiophene rings is 2. The van der Waals surface area contributed by atoms with Crippen molar-refractivity contribution in [1.82, 2.24) is 24.8 Å². The lowest BCUT2D eigenvalue weighted by Crippen LogP contribution is -2.20. The molecule has 0 amide bonds. The molecule has 88 heavy (non-hydrogen) atoms. The average molecular weight is 1160 g/mol. The van der Waals surface area contributed by atoms with Gasteiger partial charge in [-0.2, -0.15) is 0 Å². The van der Waals surface area contributed by atoms with Crippen molar-refractivity contribution in [3.63, 3.8) is 0 Å². The standard InChI is InChI=1S/C81H49N5S2/c1-86-37-49-47-35-45-33-43-31-41-17-18-42-32-44-34-46-36-48(73-72(47)77-69(45)67(43)75-65(41)66(42)76-68(44)70(46)78(73)80(77)79(75)76)71(49)81(86)61-30-28-59(88-61)58-27-29-60(87-58)74-56-25-23-54(84-56)63(39-13-7-3-8-14-39)52-21-19-50(82-52)62(38-11-5-2-6-12-38)51-20-22-53(83-51)64(40-15-9-4-10-16-40)55-24-26-57(74)85-55/h2-32,35-36,49,71,81-85H,33-34,37H2,1H3. The summed E-state index contributed by atoms with van der Waals surface area (Å²) in [6.07, 6.45) is 2.05. The number of likely N-dealkylation sites (N-methyl/N-ethyl adjacent to an activating group) is 1. The first-order valence-electron chi connectivity index (χ1n) is 31.1. The van der Waals surface area contributed by atoms with Crippen molar-refractivity contribution in [1.29, 1.82) is 0 Å². The van der Waals surface area contributed by atoms with Crippen LogP contribution in [0.4, 0.5) is 0 Å². The van der Waals surface area contributed by atoms with Gasteiger partial charge in [-0.25, -0.2) is 0 Å². The summed E-state index contributed by atoms with van der Waals surface area (Å²) in [6, 6.07) is 75.8. The molecule has 7 heteroatoms. The van der Waals surface area contributed by atoms with E-state index in [2.05, 4.69) is 232 Å². The fourth-order valence-corrected chi connectivity index (χ4v) is 21.1. The molecule has 3 unspecified atom stereocenters. The highest BCUT2D eigenvalue weighted by molar-refractivity contribution is 7.22. The summed E-state index contributed by atoms with van der Waals surface area (Å²) in [4.78, 5) is 24.0. The lowest BCUT2D eigenvalue weighted by Gasteiger charge is -2.31. The molecule has 8 heterocycles. The van der Waals surface area contributed by atoms with Gasteiger partial charge in [-0.05, 0) is 229 Å². The normalized spacial score (nSPS) is 17.9. The van der Waals surface area contributed by atoms with E-state index in [1.165, 1.54) is 52.2 Å². The number of hydrogen-bond donors (Lipinski definition) is 4. The Morgan fingerprint density at radius 2 is 0.750 bits per heavy atom. The second-order valence-corrected chi connectivity index (χ2v) is 28.3. The lowest BCUT2D eigenvalue weighted by molar-refractivity contribution is 0.308. The van der Waals surface area contributed by atoms with E-state index in [9.17, 15) is 0 Å². The Hall–Kier alpha value is -10.0. The summed E-state index contributed by atoms with van der Waals surface area (Å²) in [5.74, 6) is 0.760.